The zero-order valence-corrected chi connectivity index (χ0v) is 17.8. The SMILES string of the molecule is COc1ccc(S(=O)(=O)Nc2ccc3c(c2)CCN3C(=O)c2cccnc2)cc1OC. The van der Waals surface area contributed by atoms with Crippen molar-refractivity contribution < 1.29 is 22.7 Å². The van der Waals surface area contributed by atoms with Gasteiger partial charge in [0.05, 0.1) is 24.7 Å². The van der Waals surface area contributed by atoms with Crippen molar-refractivity contribution in [1.29, 1.82) is 0 Å². The standard InChI is InChI=1S/C22H21N3O5S/c1-29-20-8-6-18(13-21(20)30-2)31(27,28)24-17-5-7-19-15(12-17)9-11-25(19)22(26)16-4-3-10-23-14-16/h3-8,10,12-14,24H,9,11H2,1-2H3. The molecule has 0 atom stereocenters. The van der Waals surface area contributed by atoms with Crippen molar-refractivity contribution in [3.05, 3.63) is 72.1 Å². The van der Waals surface area contributed by atoms with Gasteiger partial charge in [-0.15, -0.1) is 0 Å². The summed E-state index contributed by atoms with van der Waals surface area (Å²) in [5.41, 5.74) is 2.59. The third kappa shape index (κ3) is 4.04. The summed E-state index contributed by atoms with van der Waals surface area (Å²) < 4.78 is 38.6. The first-order chi connectivity index (χ1) is 14.9. The van der Waals surface area contributed by atoms with Crippen LogP contribution < -0.4 is 19.1 Å². The van der Waals surface area contributed by atoms with Gasteiger partial charge in [-0.2, -0.15) is 0 Å². The van der Waals surface area contributed by atoms with Crippen LogP contribution in [-0.2, 0) is 16.4 Å². The third-order valence-corrected chi connectivity index (χ3v) is 6.43. The van der Waals surface area contributed by atoms with Gasteiger partial charge in [-0.3, -0.25) is 14.5 Å². The molecule has 0 bridgehead atoms. The lowest BCUT2D eigenvalue weighted by Gasteiger charge is -2.17. The van der Waals surface area contributed by atoms with Gasteiger partial charge in [-0.25, -0.2) is 8.42 Å². The lowest BCUT2D eigenvalue weighted by Crippen LogP contribution is -2.28. The molecule has 1 aliphatic heterocycles. The summed E-state index contributed by atoms with van der Waals surface area (Å²) in [7, 11) is -0.907. The first-order valence-electron chi connectivity index (χ1n) is 9.52. The summed E-state index contributed by atoms with van der Waals surface area (Å²) in [6.45, 7) is 0.523. The maximum Gasteiger partial charge on any atom is 0.262 e. The van der Waals surface area contributed by atoms with Gasteiger partial charge in [-0.1, -0.05) is 0 Å². The zero-order chi connectivity index (χ0) is 22.0. The molecular formula is C22H21N3O5S. The molecule has 2 heterocycles. The van der Waals surface area contributed by atoms with E-state index in [1.165, 1.54) is 38.6 Å². The van der Waals surface area contributed by atoms with Gasteiger partial charge in [0.15, 0.2) is 11.5 Å². The molecule has 3 aromatic rings. The lowest BCUT2D eigenvalue weighted by atomic mass is 10.1. The molecule has 0 spiro atoms. The molecule has 0 saturated heterocycles. The fourth-order valence-corrected chi connectivity index (χ4v) is 4.58. The number of rotatable bonds is 6. The van der Waals surface area contributed by atoms with Gasteiger partial charge in [0.25, 0.3) is 15.9 Å². The number of ether oxygens (including phenoxy) is 2. The van der Waals surface area contributed by atoms with E-state index in [9.17, 15) is 13.2 Å². The van der Waals surface area contributed by atoms with Crippen LogP contribution in [0.3, 0.4) is 0 Å². The molecule has 4 rings (SSSR count). The third-order valence-electron chi connectivity index (χ3n) is 5.05. The number of anilines is 2. The van der Waals surface area contributed by atoms with E-state index in [1.807, 2.05) is 0 Å². The average Bonchev–Trinajstić information content (AvgIpc) is 3.21. The number of benzene rings is 2. The molecule has 9 heteroatoms. The molecule has 0 aliphatic carbocycles. The fourth-order valence-electron chi connectivity index (χ4n) is 3.52. The van der Waals surface area contributed by atoms with E-state index in [-0.39, 0.29) is 10.8 Å². The Balaban J connectivity index is 1.57. The Morgan fingerprint density at radius 1 is 1.06 bits per heavy atom. The molecule has 160 valence electrons. The molecule has 1 aliphatic rings. The van der Waals surface area contributed by atoms with Gasteiger partial charge >= 0.3 is 0 Å². The Labute approximate surface area is 180 Å². The van der Waals surface area contributed by atoms with Crippen molar-refractivity contribution >= 4 is 27.3 Å². The smallest absolute Gasteiger partial charge is 0.262 e. The summed E-state index contributed by atoms with van der Waals surface area (Å²) in [6, 6.07) is 13.0. The van der Waals surface area contributed by atoms with Crippen LogP contribution in [0.5, 0.6) is 11.5 Å². The lowest BCUT2D eigenvalue weighted by molar-refractivity contribution is 0.0989. The van der Waals surface area contributed by atoms with Crippen molar-refractivity contribution in [2.75, 3.05) is 30.4 Å². The van der Waals surface area contributed by atoms with Crippen molar-refractivity contribution in [3.63, 3.8) is 0 Å². The number of aromatic nitrogens is 1. The molecule has 8 nitrogen and oxygen atoms in total. The topological polar surface area (TPSA) is 97.8 Å². The minimum absolute atomic E-state index is 0.0547. The normalized spacial score (nSPS) is 12.9. The van der Waals surface area contributed by atoms with Crippen LogP contribution >= 0.6 is 0 Å². The highest BCUT2D eigenvalue weighted by molar-refractivity contribution is 7.92. The number of hydrogen-bond acceptors (Lipinski definition) is 6. The second-order valence-electron chi connectivity index (χ2n) is 6.91. The van der Waals surface area contributed by atoms with Crippen LogP contribution in [0.4, 0.5) is 11.4 Å². The molecule has 1 amide bonds. The number of fused-ring (bicyclic) bond motifs is 1. The van der Waals surface area contributed by atoms with E-state index in [2.05, 4.69) is 9.71 Å². The predicted molar refractivity (Wildman–Crippen MR) is 116 cm³/mol. The Bertz CT molecular complexity index is 1230. The number of carbonyl (C=O) groups excluding carboxylic acids is 1. The number of carbonyl (C=O) groups is 1. The van der Waals surface area contributed by atoms with Gasteiger partial charge in [-0.05, 0) is 54.4 Å². The Hall–Kier alpha value is -3.59. The molecule has 0 radical (unpaired) electrons. The Morgan fingerprint density at radius 3 is 2.58 bits per heavy atom. The number of methoxy groups -OCH3 is 2. The van der Waals surface area contributed by atoms with Crippen LogP contribution in [0.25, 0.3) is 0 Å². The molecular weight excluding hydrogens is 418 g/mol. The van der Waals surface area contributed by atoms with Crippen molar-refractivity contribution in [3.8, 4) is 11.5 Å². The van der Waals surface area contributed by atoms with E-state index in [1.54, 1.807) is 41.4 Å². The summed E-state index contributed by atoms with van der Waals surface area (Å²) >= 11 is 0. The predicted octanol–water partition coefficient (Wildman–Crippen LogP) is 3.10. The van der Waals surface area contributed by atoms with E-state index in [0.29, 0.717) is 35.7 Å². The first-order valence-corrected chi connectivity index (χ1v) is 11.0. The fraction of sp³-hybridized carbons (Fsp3) is 0.182. The number of nitrogens with zero attached hydrogens (tertiary/aromatic N) is 2. The van der Waals surface area contributed by atoms with Crippen molar-refractivity contribution in [1.82, 2.24) is 4.98 Å². The summed E-state index contributed by atoms with van der Waals surface area (Å²) in [6.07, 6.45) is 3.78. The van der Waals surface area contributed by atoms with E-state index in [4.69, 9.17) is 9.47 Å². The van der Waals surface area contributed by atoms with Crippen molar-refractivity contribution in [2.45, 2.75) is 11.3 Å². The van der Waals surface area contributed by atoms with E-state index in [0.717, 1.165) is 11.3 Å². The Morgan fingerprint density at radius 2 is 1.87 bits per heavy atom. The summed E-state index contributed by atoms with van der Waals surface area (Å²) in [4.78, 5) is 18.5. The monoisotopic (exact) mass is 439 g/mol. The second-order valence-corrected chi connectivity index (χ2v) is 8.60. The number of sulfonamides is 1. The van der Waals surface area contributed by atoms with Gasteiger partial charge < -0.3 is 14.4 Å². The summed E-state index contributed by atoms with van der Waals surface area (Å²) in [5.74, 6) is 0.631. The van der Waals surface area contributed by atoms with Crippen LogP contribution in [0, 0.1) is 0 Å². The highest BCUT2D eigenvalue weighted by Crippen LogP contribution is 2.33. The first kappa shape index (κ1) is 20.7. The zero-order valence-electron chi connectivity index (χ0n) is 17.0. The number of pyridine rings is 1. The van der Waals surface area contributed by atoms with Crippen LogP contribution in [0.15, 0.2) is 65.8 Å². The molecule has 2 aromatic carbocycles. The van der Waals surface area contributed by atoms with Gasteiger partial charge in [0.2, 0.25) is 0 Å². The number of hydrogen-bond donors (Lipinski definition) is 1. The van der Waals surface area contributed by atoms with Gasteiger partial charge in [0.1, 0.15) is 0 Å². The molecule has 1 aromatic heterocycles. The molecule has 1 N–H and O–H groups in total. The number of amides is 1. The van der Waals surface area contributed by atoms with Gasteiger partial charge in [0, 0.05) is 36.4 Å². The minimum atomic E-state index is -3.84. The molecule has 0 fully saturated rings. The van der Waals surface area contributed by atoms with Crippen molar-refractivity contribution in [2.24, 2.45) is 0 Å². The highest BCUT2D eigenvalue weighted by atomic mass is 32.2. The molecule has 31 heavy (non-hydrogen) atoms. The van der Waals surface area contributed by atoms with Crippen LogP contribution in [0.1, 0.15) is 15.9 Å². The Kier molecular flexibility index (Phi) is 5.51. The average molecular weight is 439 g/mol. The van der Waals surface area contributed by atoms with E-state index < -0.39 is 10.0 Å². The van der Waals surface area contributed by atoms with E-state index >= 15 is 0 Å². The molecule has 0 saturated carbocycles. The summed E-state index contributed by atoms with van der Waals surface area (Å²) in [5, 5.41) is 0. The van der Waals surface area contributed by atoms with Crippen LogP contribution in [-0.4, -0.2) is 40.1 Å². The molecule has 0 unspecified atom stereocenters. The second kappa shape index (κ2) is 8.27. The maximum atomic E-state index is 12.8. The van der Waals surface area contributed by atoms with Crippen LogP contribution in [0.2, 0.25) is 0 Å². The quantitative estimate of drug-likeness (QED) is 0.634. The number of nitrogens with one attached hydrogen (secondary N) is 1. The highest BCUT2D eigenvalue weighted by Gasteiger charge is 2.26. The largest absolute Gasteiger partial charge is 0.493 e. The minimum Gasteiger partial charge on any atom is -0.493 e. The maximum absolute atomic E-state index is 12.8.